The molecule has 0 bridgehead atoms. The van der Waals surface area contributed by atoms with Gasteiger partial charge >= 0.3 is 11.0 Å². The van der Waals surface area contributed by atoms with Gasteiger partial charge < -0.3 is 9.30 Å². The van der Waals surface area contributed by atoms with Crippen LogP contribution in [-0.4, -0.2) is 36.3 Å². The number of carbonyl (C=O) groups excluding carboxylic acids is 2. The van der Waals surface area contributed by atoms with Crippen molar-refractivity contribution in [2.45, 2.75) is 18.7 Å². The van der Waals surface area contributed by atoms with Gasteiger partial charge in [-0.05, 0) is 50.2 Å². The summed E-state index contributed by atoms with van der Waals surface area (Å²) in [4.78, 5) is 34.8. The SMILES string of the molecule is Cc1cc(C(=O)COC(=O)c2ccc([N+](=O)[O-])s2)c(C)n1-c1ccc(S(N)(=O)=O)cc1. The number of rotatable bonds is 7. The average Bonchev–Trinajstić information content (AvgIpc) is 3.30. The van der Waals surface area contributed by atoms with Gasteiger partial charge in [-0.1, -0.05) is 11.3 Å². The molecule has 162 valence electrons. The van der Waals surface area contributed by atoms with Crippen molar-refractivity contribution in [2.75, 3.05) is 6.61 Å². The van der Waals surface area contributed by atoms with E-state index in [9.17, 15) is 28.1 Å². The summed E-state index contributed by atoms with van der Waals surface area (Å²) in [5, 5.41) is 15.6. The van der Waals surface area contributed by atoms with E-state index < -0.39 is 33.3 Å². The van der Waals surface area contributed by atoms with Crippen LogP contribution in [0.4, 0.5) is 5.00 Å². The summed E-state index contributed by atoms with van der Waals surface area (Å²) >= 11 is 0.666. The molecule has 2 aromatic heterocycles. The second-order valence-electron chi connectivity index (χ2n) is 6.55. The molecule has 2 N–H and O–H groups in total. The zero-order chi connectivity index (χ0) is 22.9. The number of nitrogens with zero attached hydrogens (tertiary/aromatic N) is 2. The highest BCUT2D eigenvalue weighted by molar-refractivity contribution is 7.89. The maximum Gasteiger partial charge on any atom is 0.349 e. The fourth-order valence-corrected chi connectivity index (χ4v) is 4.27. The number of nitro groups is 1. The van der Waals surface area contributed by atoms with Crippen LogP contribution in [0.25, 0.3) is 5.69 Å². The number of nitrogens with two attached hydrogens (primary N) is 1. The Hall–Kier alpha value is -3.35. The molecule has 0 amide bonds. The van der Waals surface area contributed by atoms with Gasteiger partial charge in [-0.15, -0.1) is 0 Å². The molecule has 0 aliphatic heterocycles. The smallest absolute Gasteiger partial charge is 0.349 e. The van der Waals surface area contributed by atoms with Crippen molar-refractivity contribution in [3.05, 3.63) is 74.4 Å². The molecule has 10 nitrogen and oxygen atoms in total. The Morgan fingerprint density at radius 2 is 1.81 bits per heavy atom. The molecule has 0 aliphatic rings. The molecule has 3 aromatic rings. The van der Waals surface area contributed by atoms with Crippen LogP contribution in [0, 0.1) is 24.0 Å². The number of hydrogen-bond acceptors (Lipinski definition) is 8. The van der Waals surface area contributed by atoms with E-state index in [-0.39, 0.29) is 14.8 Å². The highest BCUT2D eigenvalue weighted by Crippen LogP contribution is 2.25. The number of hydrogen-bond donors (Lipinski definition) is 1. The van der Waals surface area contributed by atoms with Crippen LogP contribution < -0.4 is 5.14 Å². The van der Waals surface area contributed by atoms with Crippen LogP contribution in [0.3, 0.4) is 0 Å². The van der Waals surface area contributed by atoms with E-state index in [4.69, 9.17) is 9.88 Å². The van der Waals surface area contributed by atoms with Crippen molar-refractivity contribution in [2.24, 2.45) is 5.14 Å². The van der Waals surface area contributed by atoms with Crippen molar-refractivity contribution in [3.63, 3.8) is 0 Å². The number of sulfonamides is 1. The number of aryl methyl sites for hydroxylation is 1. The summed E-state index contributed by atoms with van der Waals surface area (Å²) in [6.07, 6.45) is 0. The second-order valence-corrected chi connectivity index (χ2v) is 9.18. The van der Waals surface area contributed by atoms with E-state index in [1.54, 1.807) is 36.6 Å². The fraction of sp³-hybridized carbons (Fsp3) is 0.158. The Morgan fingerprint density at radius 1 is 1.16 bits per heavy atom. The lowest BCUT2D eigenvalue weighted by atomic mass is 10.1. The molecule has 0 atom stereocenters. The van der Waals surface area contributed by atoms with Gasteiger partial charge in [0.15, 0.2) is 6.61 Å². The lowest BCUT2D eigenvalue weighted by molar-refractivity contribution is -0.380. The van der Waals surface area contributed by atoms with E-state index >= 15 is 0 Å². The number of benzene rings is 1. The van der Waals surface area contributed by atoms with Crippen molar-refractivity contribution >= 4 is 38.1 Å². The fourth-order valence-electron chi connectivity index (χ4n) is 3.04. The minimum atomic E-state index is -3.82. The number of aromatic nitrogens is 1. The van der Waals surface area contributed by atoms with Crippen LogP contribution in [0.15, 0.2) is 47.4 Å². The van der Waals surface area contributed by atoms with Gasteiger partial charge in [0.05, 0.1) is 9.82 Å². The zero-order valence-corrected chi connectivity index (χ0v) is 18.0. The quantitative estimate of drug-likeness (QED) is 0.245. The predicted octanol–water partition coefficient (Wildman–Crippen LogP) is 2.75. The number of ketones is 1. The minimum Gasteiger partial charge on any atom is -0.453 e. The summed E-state index contributed by atoms with van der Waals surface area (Å²) in [6, 6.07) is 9.97. The molecule has 0 aliphatic carbocycles. The van der Waals surface area contributed by atoms with Crippen molar-refractivity contribution in [3.8, 4) is 5.69 Å². The van der Waals surface area contributed by atoms with E-state index in [0.717, 1.165) is 0 Å². The maximum absolute atomic E-state index is 12.6. The highest BCUT2D eigenvalue weighted by Gasteiger charge is 2.21. The summed E-state index contributed by atoms with van der Waals surface area (Å²) in [5.41, 5.74) is 2.25. The highest BCUT2D eigenvalue weighted by atomic mass is 32.2. The molecular formula is C19H17N3O7S2. The Balaban J connectivity index is 1.77. The molecule has 3 rings (SSSR count). The molecule has 0 radical (unpaired) electrons. The normalized spacial score (nSPS) is 11.3. The van der Waals surface area contributed by atoms with Gasteiger partial charge in [-0.2, -0.15) is 0 Å². The monoisotopic (exact) mass is 463 g/mol. The molecular weight excluding hydrogens is 446 g/mol. The van der Waals surface area contributed by atoms with Crippen LogP contribution >= 0.6 is 11.3 Å². The summed E-state index contributed by atoms with van der Waals surface area (Å²) in [5.74, 6) is -1.27. The summed E-state index contributed by atoms with van der Waals surface area (Å²) < 4.78 is 29.6. The predicted molar refractivity (Wildman–Crippen MR) is 112 cm³/mol. The third-order valence-corrected chi connectivity index (χ3v) is 6.41. The molecule has 31 heavy (non-hydrogen) atoms. The number of esters is 1. The van der Waals surface area contributed by atoms with E-state index in [0.29, 0.717) is 34.0 Å². The third-order valence-electron chi connectivity index (χ3n) is 4.46. The lowest BCUT2D eigenvalue weighted by Gasteiger charge is -2.10. The molecule has 2 heterocycles. The first-order valence-electron chi connectivity index (χ1n) is 8.75. The Morgan fingerprint density at radius 3 is 2.35 bits per heavy atom. The molecule has 0 fully saturated rings. The van der Waals surface area contributed by atoms with E-state index in [1.165, 1.54) is 24.3 Å². The largest absolute Gasteiger partial charge is 0.453 e. The standard InChI is InChI=1S/C19H17N3O7S2/c1-11-9-15(12(2)21(11)13-3-5-14(6-4-13)31(20,27)28)16(23)10-29-19(24)17-7-8-18(30-17)22(25)26/h3-9H,10H2,1-2H3,(H2,20,27,28). The third kappa shape index (κ3) is 4.71. The number of ether oxygens (including phenoxy) is 1. The van der Waals surface area contributed by atoms with Crippen LogP contribution in [-0.2, 0) is 14.8 Å². The molecule has 12 heteroatoms. The molecule has 0 spiro atoms. The first-order valence-corrected chi connectivity index (χ1v) is 11.1. The molecule has 0 saturated heterocycles. The second kappa shape index (κ2) is 8.41. The molecule has 0 unspecified atom stereocenters. The number of thiophene rings is 1. The molecule has 0 saturated carbocycles. The number of primary sulfonamides is 1. The average molecular weight is 463 g/mol. The van der Waals surface area contributed by atoms with Gasteiger partial charge in [0, 0.05) is 28.7 Å². The Bertz CT molecular complexity index is 1290. The van der Waals surface area contributed by atoms with Gasteiger partial charge in [-0.3, -0.25) is 14.9 Å². The van der Waals surface area contributed by atoms with Gasteiger partial charge in [0.2, 0.25) is 15.8 Å². The van der Waals surface area contributed by atoms with Crippen LogP contribution in [0.2, 0.25) is 0 Å². The molecule has 1 aromatic carbocycles. The minimum absolute atomic E-state index is 0.0277. The maximum atomic E-state index is 12.6. The number of carbonyl (C=O) groups is 2. The summed E-state index contributed by atoms with van der Waals surface area (Å²) in [7, 11) is -3.82. The zero-order valence-electron chi connectivity index (χ0n) is 16.4. The topological polar surface area (TPSA) is 152 Å². The Labute approximate surface area is 181 Å². The van der Waals surface area contributed by atoms with Crippen molar-refractivity contribution in [1.29, 1.82) is 0 Å². The first kappa shape index (κ1) is 22.3. The summed E-state index contributed by atoms with van der Waals surface area (Å²) in [6.45, 7) is 2.95. The Kier molecular flexibility index (Phi) is 6.06. The van der Waals surface area contributed by atoms with E-state index in [1.807, 2.05) is 0 Å². The van der Waals surface area contributed by atoms with Gasteiger partial charge in [0.25, 0.3) is 0 Å². The van der Waals surface area contributed by atoms with Crippen LogP contribution in [0.5, 0.6) is 0 Å². The first-order chi connectivity index (χ1) is 14.5. The van der Waals surface area contributed by atoms with Crippen molar-refractivity contribution < 1.29 is 27.7 Å². The van der Waals surface area contributed by atoms with Gasteiger partial charge in [0.1, 0.15) is 4.88 Å². The number of Topliss-reactive ketones (excluding diaryl/α,β-unsaturated/α-hetero) is 1. The van der Waals surface area contributed by atoms with Gasteiger partial charge in [-0.25, -0.2) is 18.4 Å². The lowest BCUT2D eigenvalue weighted by Crippen LogP contribution is -2.14. The van der Waals surface area contributed by atoms with E-state index in [2.05, 4.69) is 0 Å². The van der Waals surface area contributed by atoms with Crippen molar-refractivity contribution in [1.82, 2.24) is 4.57 Å². The van der Waals surface area contributed by atoms with Crippen LogP contribution in [0.1, 0.15) is 31.4 Å².